The molecular formula is C12H17N3O2S. The number of hydrogen-bond acceptors (Lipinski definition) is 4. The zero-order valence-corrected chi connectivity index (χ0v) is 11.3. The van der Waals surface area contributed by atoms with Gasteiger partial charge in [0.25, 0.3) is 0 Å². The maximum absolute atomic E-state index is 12.0. The lowest BCUT2D eigenvalue weighted by Crippen LogP contribution is -2.28. The lowest BCUT2D eigenvalue weighted by Gasteiger charge is -2.12. The number of rotatable bonds is 5. The summed E-state index contributed by atoms with van der Waals surface area (Å²) in [6.45, 7) is 4.30. The monoisotopic (exact) mass is 267 g/mol. The van der Waals surface area contributed by atoms with Gasteiger partial charge in [0.15, 0.2) is 0 Å². The summed E-state index contributed by atoms with van der Waals surface area (Å²) >= 11 is 0. The van der Waals surface area contributed by atoms with Crippen LogP contribution in [0.2, 0.25) is 0 Å². The summed E-state index contributed by atoms with van der Waals surface area (Å²) < 4.78 is 26.6. The second-order valence-electron chi connectivity index (χ2n) is 4.23. The molecule has 0 heterocycles. The molecule has 98 valence electrons. The van der Waals surface area contributed by atoms with E-state index in [9.17, 15) is 8.42 Å². The average Bonchev–Trinajstić information content (AvgIpc) is 2.35. The fraction of sp³-hybridized carbons (Fsp3) is 0.417. The van der Waals surface area contributed by atoms with Crippen LogP contribution >= 0.6 is 0 Å². The molecule has 0 fully saturated rings. The van der Waals surface area contributed by atoms with Gasteiger partial charge in [0, 0.05) is 12.2 Å². The summed E-state index contributed by atoms with van der Waals surface area (Å²) in [4.78, 5) is -0.0255. The molecule has 18 heavy (non-hydrogen) atoms. The first-order valence-corrected chi connectivity index (χ1v) is 7.18. The van der Waals surface area contributed by atoms with Gasteiger partial charge in [-0.3, -0.25) is 0 Å². The highest BCUT2D eigenvalue weighted by molar-refractivity contribution is 7.89. The third-order valence-electron chi connectivity index (χ3n) is 2.73. The van der Waals surface area contributed by atoms with Gasteiger partial charge in [0.1, 0.15) is 6.07 Å². The number of nitrogens with one attached hydrogen (secondary N) is 1. The molecule has 0 radical (unpaired) electrons. The molecule has 0 saturated carbocycles. The first kappa shape index (κ1) is 14.5. The lowest BCUT2D eigenvalue weighted by molar-refractivity contribution is 0.528. The quantitative estimate of drug-likeness (QED) is 0.789. The third kappa shape index (κ3) is 3.45. The fourth-order valence-electron chi connectivity index (χ4n) is 1.34. The Morgan fingerprint density at radius 2 is 2.17 bits per heavy atom. The molecule has 1 aromatic carbocycles. The first-order chi connectivity index (χ1) is 8.40. The van der Waals surface area contributed by atoms with Gasteiger partial charge in [0.05, 0.1) is 10.5 Å². The Balaban J connectivity index is 3.03. The average molecular weight is 267 g/mol. The van der Waals surface area contributed by atoms with E-state index in [-0.39, 0.29) is 16.4 Å². The van der Waals surface area contributed by atoms with E-state index in [0.29, 0.717) is 12.2 Å². The maximum atomic E-state index is 12.0. The molecule has 0 aliphatic rings. The zero-order chi connectivity index (χ0) is 13.8. The van der Waals surface area contributed by atoms with Crippen LogP contribution in [-0.2, 0) is 10.0 Å². The Bertz CT molecular complexity index is 561. The number of benzene rings is 1. The van der Waals surface area contributed by atoms with Crippen molar-refractivity contribution in [3.05, 3.63) is 23.8 Å². The zero-order valence-electron chi connectivity index (χ0n) is 10.5. The number of nitrogen functional groups attached to an aromatic ring is 1. The molecular weight excluding hydrogens is 250 g/mol. The first-order valence-electron chi connectivity index (χ1n) is 5.70. The number of hydrogen-bond donors (Lipinski definition) is 2. The molecule has 0 bridgehead atoms. The minimum absolute atomic E-state index is 0.0255. The molecule has 1 unspecified atom stereocenters. The van der Waals surface area contributed by atoms with Gasteiger partial charge in [-0.2, -0.15) is 5.26 Å². The van der Waals surface area contributed by atoms with Gasteiger partial charge in [-0.1, -0.05) is 20.3 Å². The number of sulfonamides is 1. The van der Waals surface area contributed by atoms with Crippen molar-refractivity contribution in [3.8, 4) is 6.07 Å². The molecule has 0 saturated heterocycles. The Kier molecular flexibility index (Phi) is 4.70. The van der Waals surface area contributed by atoms with Crippen LogP contribution in [0.3, 0.4) is 0 Å². The van der Waals surface area contributed by atoms with E-state index >= 15 is 0 Å². The third-order valence-corrected chi connectivity index (χ3v) is 4.21. The van der Waals surface area contributed by atoms with Crippen LogP contribution in [0.1, 0.15) is 25.8 Å². The van der Waals surface area contributed by atoms with E-state index in [0.717, 1.165) is 6.42 Å². The smallest absolute Gasteiger partial charge is 0.241 e. The van der Waals surface area contributed by atoms with E-state index in [1.54, 1.807) is 0 Å². The van der Waals surface area contributed by atoms with Crippen LogP contribution in [0, 0.1) is 17.2 Å². The Labute approximate surface area is 108 Å². The molecule has 0 spiro atoms. The largest absolute Gasteiger partial charge is 0.399 e. The number of nitriles is 1. The molecule has 0 aliphatic heterocycles. The molecule has 1 atom stereocenters. The molecule has 3 N–H and O–H groups in total. The molecule has 0 aromatic heterocycles. The predicted molar refractivity (Wildman–Crippen MR) is 70.2 cm³/mol. The van der Waals surface area contributed by atoms with Crippen molar-refractivity contribution < 1.29 is 8.42 Å². The van der Waals surface area contributed by atoms with Gasteiger partial charge < -0.3 is 5.73 Å². The van der Waals surface area contributed by atoms with Crippen molar-refractivity contribution in [1.82, 2.24) is 4.72 Å². The Morgan fingerprint density at radius 3 is 2.72 bits per heavy atom. The van der Waals surface area contributed by atoms with Gasteiger partial charge in [0.2, 0.25) is 10.0 Å². The highest BCUT2D eigenvalue weighted by Gasteiger charge is 2.19. The second-order valence-corrected chi connectivity index (χ2v) is 5.97. The number of nitrogens with two attached hydrogens (primary N) is 1. The van der Waals surface area contributed by atoms with Crippen LogP contribution in [0.25, 0.3) is 0 Å². The second kappa shape index (κ2) is 5.85. The predicted octanol–water partition coefficient (Wildman–Crippen LogP) is 1.46. The van der Waals surface area contributed by atoms with Gasteiger partial charge >= 0.3 is 0 Å². The molecule has 1 aromatic rings. The lowest BCUT2D eigenvalue weighted by atomic mass is 10.1. The van der Waals surface area contributed by atoms with Crippen molar-refractivity contribution in [2.75, 3.05) is 12.3 Å². The van der Waals surface area contributed by atoms with Crippen molar-refractivity contribution >= 4 is 15.7 Å². The minimum atomic E-state index is -3.65. The molecule has 1 rings (SSSR count). The fourth-order valence-corrected chi connectivity index (χ4v) is 2.64. The van der Waals surface area contributed by atoms with Crippen molar-refractivity contribution in [2.45, 2.75) is 25.2 Å². The van der Waals surface area contributed by atoms with E-state index in [4.69, 9.17) is 11.0 Å². The number of anilines is 1. The van der Waals surface area contributed by atoms with Crippen LogP contribution in [-0.4, -0.2) is 15.0 Å². The SMILES string of the molecule is CCC(C)CNS(=O)(=O)c1ccc(N)cc1C#N. The van der Waals surface area contributed by atoms with Gasteiger partial charge in [-0.25, -0.2) is 13.1 Å². The maximum Gasteiger partial charge on any atom is 0.241 e. The highest BCUT2D eigenvalue weighted by Crippen LogP contribution is 2.18. The summed E-state index contributed by atoms with van der Waals surface area (Å²) in [6.07, 6.45) is 0.884. The van der Waals surface area contributed by atoms with Gasteiger partial charge in [-0.05, 0) is 24.1 Å². The van der Waals surface area contributed by atoms with Crippen LogP contribution in [0.5, 0.6) is 0 Å². The minimum Gasteiger partial charge on any atom is -0.399 e. The topological polar surface area (TPSA) is 96.0 Å². The standard InChI is InChI=1S/C12H17N3O2S/c1-3-9(2)8-15-18(16,17)12-5-4-11(14)6-10(12)7-13/h4-6,9,15H,3,8,14H2,1-2H3. The van der Waals surface area contributed by atoms with E-state index in [1.807, 2.05) is 19.9 Å². The Hall–Kier alpha value is -1.58. The number of nitrogens with zero attached hydrogens (tertiary/aromatic N) is 1. The van der Waals surface area contributed by atoms with E-state index < -0.39 is 10.0 Å². The summed E-state index contributed by atoms with van der Waals surface area (Å²) in [5.41, 5.74) is 5.95. The van der Waals surface area contributed by atoms with Crippen LogP contribution in [0.15, 0.2) is 23.1 Å². The van der Waals surface area contributed by atoms with E-state index in [2.05, 4.69) is 4.72 Å². The van der Waals surface area contributed by atoms with E-state index in [1.165, 1.54) is 18.2 Å². The summed E-state index contributed by atoms with van der Waals surface area (Å²) in [7, 11) is -3.65. The summed E-state index contributed by atoms with van der Waals surface area (Å²) in [6, 6.07) is 6.03. The van der Waals surface area contributed by atoms with Crippen LogP contribution < -0.4 is 10.5 Å². The summed E-state index contributed by atoms with van der Waals surface area (Å²) in [5, 5.41) is 8.93. The Morgan fingerprint density at radius 1 is 1.50 bits per heavy atom. The van der Waals surface area contributed by atoms with Crippen molar-refractivity contribution in [1.29, 1.82) is 5.26 Å². The molecule has 6 heteroatoms. The normalized spacial score (nSPS) is 12.9. The summed E-state index contributed by atoms with van der Waals surface area (Å²) in [5.74, 6) is 0.249. The van der Waals surface area contributed by atoms with Crippen molar-refractivity contribution in [3.63, 3.8) is 0 Å². The van der Waals surface area contributed by atoms with Crippen LogP contribution in [0.4, 0.5) is 5.69 Å². The molecule has 5 nitrogen and oxygen atoms in total. The highest BCUT2D eigenvalue weighted by atomic mass is 32.2. The molecule has 0 aliphatic carbocycles. The van der Waals surface area contributed by atoms with Crippen molar-refractivity contribution in [2.24, 2.45) is 5.92 Å². The van der Waals surface area contributed by atoms with Gasteiger partial charge in [-0.15, -0.1) is 0 Å². The molecule has 0 amide bonds.